The van der Waals surface area contributed by atoms with Crippen LogP contribution in [0.4, 0.5) is 5.69 Å². The number of aromatic nitrogens is 1. The third-order valence-corrected chi connectivity index (χ3v) is 2.79. The molecule has 0 aliphatic rings. The first kappa shape index (κ1) is 14.6. The van der Waals surface area contributed by atoms with E-state index in [0.717, 1.165) is 12.1 Å². The maximum Gasteiger partial charge on any atom is 0.337 e. The van der Waals surface area contributed by atoms with Crippen LogP contribution in [0.25, 0.3) is 0 Å². The van der Waals surface area contributed by atoms with Crippen LogP contribution in [-0.2, 0) is 0 Å². The van der Waals surface area contributed by atoms with Crippen molar-refractivity contribution in [2.24, 2.45) is 0 Å². The molecule has 0 radical (unpaired) electrons. The largest absolute Gasteiger partial charge is 0.494 e. The van der Waals surface area contributed by atoms with Crippen LogP contribution in [0.2, 0.25) is 5.02 Å². The van der Waals surface area contributed by atoms with Gasteiger partial charge in [-0.2, -0.15) is 0 Å². The lowest BCUT2D eigenvalue weighted by Crippen LogP contribution is -2.17. The quantitative estimate of drug-likeness (QED) is 0.687. The Hall–Kier alpha value is -2.80. The van der Waals surface area contributed by atoms with E-state index in [0.29, 0.717) is 0 Å². The minimum absolute atomic E-state index is 0.0141. The zero-order valence-electron chi connectivity index (χ0n) is 10.4. The number of aromatic carboxylic acids is 1. The van der Waals surface area contributed by atoms with Gasteiger partial charge in [-0.25, -0.2) is 4.79 Å². The summed E-state index contributed by atoms with van der Waals surface area (Å²) in [5, 5.41) is 20.9. The summed E-state index contributed by atoms with van der Waals surface area (Å²) in [6.45, 7) is 0. The minimum atomic E-state index is -1.24. The van der Waals surface area contributed by atoms with Crippen LogP contribution < -0.4 is 10.9 Å². The third kappa shape index (κ3) is 3.40. The summed E-state index contributed by atoms with van der Waals surface area (Å²) in [7, 11) is 0. The van der Waals surface area contributed by atoms with E-state index in [2.05, 4.69) is 10.3 Å². The van der Waals surface area contributed by atoms with Gasteiger partial charge in [0.2, 0.25) is 0 Å². The van der Waals surface area contributed by atoms with Gasteiger partial charge < -0.3 is 15.5 Å². The Morgan fingerprint density at radius 1 is 1.19 bits per heavy atom. The average Bonchev–Trinajstić information content (AvgIpc) is 2.37. The second-order valence-electron chi connectivity index (χ2n) is 4.07. The zero-order valence-corrected chi connectivity index (χ0v) is 11.1. The fourth-order valence-electron chi connectivity index (χ4n) is 1.66. The minimum Gasteiger partial charge on any atom is -0.494 e. The number of benzene rings is 1. The molecule has 21 heavy (non-hydrogen) atoms. The molecular formula is C13H9ClN2O5. The number of hydrogen-bond acceptors (Lipinski definition) is 4. The zero-order chi connectivity index (χ0) is 15.6. The van der Waals surface area contributed by atoms with E-state index >= 15 is 0 Å². The molecule has 0 atom stereocenters. The lowest BCUT2D eigenvalue weighted by molar-refractivity contribution is 0.0698. The van der Waals surface area contributed by atoms with Crippen LogP contribution >= 0.6 is 11.6 Å². The van der Waals surface area contributed by atoms with Crippen molar-refractivity contribution in [1.82, 2.24) is 4.98 Å². The molecule has 1 aromatic heterocycles. The van der Waals surface area contributed by atoms with Gasteiger partial charge in [-0.05, 0) is 18.2 Å². The summed E-state index contributed by atoms with van der Waals surface area (Å²) in [6, 6.07) is 5.91. The van der Waals surface area contributed by atoms with Gasteiger partial charge >= 0.3 is 5.97 Å². The Bertz CT molecular complexity index is 784. The number of carboxylic acid groups (broad SMARTS) is 1. The number of halogens is 1. The molecule has 0 bridgehead atoms. The molecule has 108 valence electrons. The maximum absolute atomic E-state index is 12.0. The first-order valence-corrected chi connectivity index (χ1v) is 6.02. The van der Waals surface area contributed by atoms with E-state index in [1.54, 1.807) is 0 Å². The van der Waals surface area contributed by atoms with Gasteiger partial charge in [-0.3, -0.25) is 14.6 Å². The Balaban J connectivity index is 2.37. The Morgan fingerprint density at radius 2 is 1.90 bits per heavy atom. The summed E-state index contributed by atoms with van der Waals surface area (Å²) < 4.78 is 0. The Labute approximate surface area is 122 Å². The molecule has 0 aliphatic carbocycles. The van der Waals surface area contributed by atoms with E-state index in [1.165, 1.54) is 18.2 Å². The standard InChI is InChI=1S/C13H9ClN2O5/c14-7-1-2-8(13(20)21)9(5-7)15-12(19)6-3-10(17)16-11(18)4-6/h1-5H,(H,15,19)(H,20,21)(H2,16,17,18). The maximum atomic E-state index is 12.0. The second-order valence-corrected chi connectivity index (χ2v) is 4.50. The predicted molar refractivity (Wildman–Crippen MR) is 75.1 cm³/mol. The highest BCUT2D eigenvalue weighted by Gasteiger charge is 2.15. The number of nitrogens with one attached hydrogen (secondary N) is 2. The first-order chi connectivity index (χ1) is 9.86. The third-order valence-electron chi connectivity index (χ3n) is 2.55. The number of rotatable bonds is 3. The SMILES string of the molecule is O=C(Nc1cc(Cl)ccc1C(=O)O)c1cc(O)[nH]c(=O)c1. The van der Waals surface area contributed by atoms with Crippen molar-refractivity contribution >= 4 is 29.2 Å². The highest BCUT2D eigenvalue weighted by Crippen LogP contribution is 2.22. The van der Waals surface area contributed by atoms with Crippen LogP contribution in [0.5, 0.6) is 5.88 Å². The highest BCUT2D eigenvalue weighted by atomic mass is 35.5. The van der Waals surface area contributed by atoms with Crippen LogP contribution in [-0.4, -0.2) is 27.1 Å². The molecule has 0 aliphatic heterocycles. The second kappa shape index (κ2) is 5.68. The molecule has 1 aromatic carbocycles. The van der Waals surface area contributed by atoms with Crippen LogP contribution in [0.3, 0.4) is 0 Å². The van der Waals surface area contributed by atoms with E-state index in [-0.39, 0.29) is 21.8 Å². The highest BCUT2D eigenvalue weighted by molar-refractivity contribution is 6.31. The predicted octanol–water partition coefficient (Wildman–Crippen LogP) is 1.68. The molecule has 0 saturated carbocycles. The number of pyridine rings is 1. The van der Waals surface area contributed by atoms with Gasteiger partial charge in [0.15, 0.2) is 5.88 Å². The molecule has 2 rings (SSSR count). The summed E-state index contributed by atoms with van der Waals surface area (Å²) in [5.74, 6) is -2.46. The molecule has 0 spiro atoms. The topological polar surface area (TPSA) is 119 Å². The fourth-order valence-corrected chi connectivity index (χ4v) is 1.83. The number of H-pyrrole nitrogens is 1. The molecule has 0 saturated heterocycles. The molecule has 0 unspecified atom stereocenters. The Kier molecular flexibility index (Phi) is 3.95. The Morgan fingerprint density at radius 3 is 2.52 bits per heavy atom. The average molecular weight is 309 g/mol. The van der Waals surface area contributed by atoms with E-state index in [9.17, 15) is 19.5 Å². The van der Waals surface area contributed by atoms with Crippen LogP contribution in [0.15, 0.2) is 35.1 Å². The summed E-state index contributed by atoms with van der Waals surface area (Å²) in [4.78, 5) is 36.3. The normalized spacial score (nSPS) is 10.1. The van der Waals surface area contributed by atoms with Crippen molar-refractivity contribution in [1.29, 1.82) is 0 Å². The van der Waals surface area contributed by atoms with Gasteiger partial charge in [0, 0.05) is 17.2 Å². The van der Waals surface area contributed by atoms with Crippen LogP contribution in [0, 0.1) is 0 Å². The van der Waals surface area contributed by atoms with Crippen molar-refractivity contribution in [2.75, 3.05) is 5.32 Å². The number of amides is 1. The number of aromatic hydroxyl groups is 1. The van der Waals surface area contributed by atoms with Gasteiger partial charge in [-0.1, -0.05) is 11.6 Å². The van der Waals surface area contributed by atoms with E-state index in [4.69, 9.17) is 16.7 Å². The number of carboxylic acids is 1. The van der Waals surface area contributed by atoms with Crippen molar-refractivity contribution in [3.05, 3.63) is 56.8 Å². The molecule has 0 fully saturated rings. The lowest BCUT2D eigenvalue weighted by Gasteiger charge is -2.09. The van der Waals surface area contributed by atoms with Crippen molar-refractivity contribution in [2.45, 2.75) is 0 Å². The molecule has 4 N–H and O–H groups in total. The number of aromatic amines is 1. The van der Waals surface area contributed by atoms with Gasteiger partial charge in [0.05, 0.1) is 16.8 Å². The van der Waals surface area contributed by atoms with Crippen molar-refractivity contribution < 1.29 is 19.8 Å². The lowest BCUT2D eigenvalue weighted by atomic mass is 10.1. The molecule has 1 heterocycles. The summed E-state index contributed by atoms with van der Waals surface area (Å²) in [6.07, 6.45) is 0. The van der Waals surface area contributed by atoms with Crippen LogP contribution in [0.1, 0.15) is 20.7 Å². The fraction of sp³-hybridized carbons (Fsp3) is 0. The molecule has 2 aromatic rings. The molecular weight excluding hydrogens is 300 g/mol. The number of carbonyl (C=O) groups excluding carboxylic acids is 1. The molecule has 7 nitrogen and oxygen atoms in total. The first-order valence-electron chi connectivity index (χ1n) is 5.64. The summed E-state index contributed by atoms with van der Waals surface area (Å²) >= 11 is 5.76. The molecule has 1 amide bonds. The number of hydrogen-bond donors (Lipinski definition) is 4. The van der Waals surface area contributed by atoms with Crippen molar-refractivity contribution in [3.63, 3.8) is 0 Å². The monoisotopic (exact) mass is 308 g/mol. The van der Waals surface area contributed by atoms with Gasteiger partial charge in [0.25, 0.3) is 11.5 Å². The smallest absolute Gasteiger partial charge is 0.337 e. The summed E-state index contributed by atoms with van der Waals surface area (Å²) in [5.41, 5.74) is -0.946. The van der Waals surface area contributed by atoms with E-state index in [1.807, 2.05) is 0 Å². The van der Waals surface area contributed by atoms with Gasteiger partial charge in [0.1, 0.15) is 0 Å². The van der Waals surface area contributed by atoms with Gasteiger partial charge in [-0.15, -0.1) is 0 Å². The van der Waals surface area contributed by atoms with E-state index < -0.39 is 23.3 Å². The van der Waals surface area contributed by atoms with Crippen molar-refractivity contribution in [3.8, 4) is 5.88 Å². The number of anilines is 1. The number of carbonyl (C=O) groups is 2. The molecule has 8 heteroatoms.